The Hall–Kier alpha value is -1.08. The van der Waals surface area contributed by atoms with Gasteiger partial charge in [0, 0.05) is 0 Å². The lowest BCUT2D eigenvalue weighted by atomic mass is 10.2. The van der Waals surface area contributed by atoms with Gasteiger partial charge in [-0.2, -0.15) is 4.81 Å². The maximum atomic E-state index is 8.59. The van der Waals surface area contributed by atoms with Gasteiger partial charge in [0.2, 0.25) is 0 Å². The Bertz CT molecular complexity index is 267. The quantitative estimate of drug-likeness (QED) is 0.411. The van der Waals surface area contributed by atoms with E-state index in [-0.39, 0.29) is 0 Å². The molecule has 0 aliphatic heterocycles. The number of rotatable bonds is 4. The third-order valence-corrected chi connectivity index (χ3v) is 1.40. The van der Waals surface area contributed by atoms with Crippen molar-refractivity contribution in [3.8, 4) is 5.75 Å². The van der Waals surface area contributed by atoms with E-state index < -0.39 is 7.32 Å². The zero-order valence-electron chi connectivity index (χ0n) is 7.01. The van der Waals surface area contributed by atoms with Gasteiger partial charge in [-0.3, -0.25) is 5.26 Å². The monoisotopic (exact) mass is 184 g/mol. The molecule has 0 bridgehead atoms. The van der Waals surface area contributed by atoms with Gasteiger partial charge >= 0.3 is 7.32 Å². The molecule has 0 aliphatic carbocycles. The summed E-state index contributed by atoms with van der Waals surface area (Å²) in [5.41, 5.74) is 0.840. The minimum Gasteiger partial charge on any atom is -0.398 e. The third-order valence-electron chi connectivity index (χ3n) is 1.40. The van der Waals surface area contributed by atoms with Crippen molar-refractivity contribution >= 4 is 7.32 Å². The summed E-state index contributed by atoms with van der Waals surface area (Å²) in [6.07, 6.45) is 0. The lowest BCUT2D eigenvalue weighted by Gasteiger charge is -2.06. The van der Waals surface area contributed by atoms with Crippen LogP contribution < -0.4 is 4.89 Å². The van der Waals surface area contributed by atoms with E-state index in [2.05, 4.69) is 14.5 Å². The summed E-state index contributed by atoms with van der Waals surface area (Å²) in [5, 5.41) is 16.5. The molecule has 0 atom stereocenters. The van der Waals surface area contributed by atoms with Crippen LogP contribution in [0.3, 0.4) is 0 Å². The van der Waals surface area contributed by atoms with Crippen LogP contribution in [0.2, 0.25) is 0 Å². The smallest absolute Gasteiger partial charge is 0.398 e. The fourth-order valence-electron chi connectivity index (χ4n) is 0.760. The van der Waals surface area contributed by atoms with E-state index >= 15 is 0 Å². The Labute approximate surface area is 75.5 Å². The number of benzene rings is 1. The summed E-state index contributed by atoms with van der Waals surface area (Å²) in [7, 11) is -1.81. The average Bonchev–Trinajstić information content (AvgIpc) is 2.16. The number of aryl methyl sites for hydroxylation is 1. The second-order valence-corrected chi connectivity index (χ2v) is 2.36. The highest BCUT2D eigenvalue weighted by Gasteiger charge is 2.18. The highest BCUT2D eigenvalue weighted by atomic mass is 17.3. The Morgan fingerprint density at radius 3 is 2.62 bits per heavy atom. The van der Waals surface area contributed by atoms with Gasteiger partial charge in [-0.1, -0.05) is 18.2 Å². The molecule has 0 aliphatic rings. The van der Waals surface area contributed by atoms with Crippen LogP contribution in [0.1, 0.15) is 5.56 Å². The lowest BCUT2D eigenvalue weighted by molar-refractivity contribution is -0.229. The molecule has 0 heterocycles. The summed E-state index contributed by atoms with van der Waals surface area (Å²) in [6.45, 7) is 1.81. The van der Waals surface area contributed by atoms with Gasteiger partial charge in [0.1, 0.15) is 0 Å². The molecule has 0 saturated carbocycles. The third kappa shape index (κ3) is 3.04. The van der Waals surface area contributed by atoms with Gasteiger partial charge in [-0.25, -0.2) is 4.81 Å². The van der Waals surface area contributed by atoms with E-state index in [1.54, 1.807) is 12.1 Å². The fourth-order valence-corrected chi connectivity index (χ4v) is 0.760. The first-order valence-electron chi connectivity index (χ1n) is 3.61. The molecular formula is C7H9BO5. The van der Waals surface area contributed by atoms with Crippen molar-refractivity contribution < 1.29 is 24.8 Å². The summed E-state index contributed by atoms with van der Waals surface area (Å²) in [6, 6.07) is 7.04. The van der Waals surface area contributed by atoms with Gasteiger partial charge in [-0.05, 0) is 18.6 Å². The van der Waals surface area contributed by atoms with Crippen LogP contribution in [0, 0.1) is 6.92 Å². The van der Waals surface area contributed by atoms with E-state index in [4.69, 9.17) is 10.3 Å². The Balaban J connectivity index is 2.50. The normalized spacial score (nSPS) is 9.77. The van der Waals surface area contributed by atoms with Crippen LogP contribution in [0.25, 0.3) is 0 Å². The summed E-state index contributed by atoms with van der Waals surface area (Å²) in [4.78, 5) is 12.3. The first-order valence-corrected chi connectivity index (χ1v) is 3.61. The molecule has 0 amide bonds. The average molecular weight is 184 g/mol. The molecule has 70 valence electrons. The molecule has 1 aromatic carbocycles. The van der Waals surface area contributed by atoms with E-state index in [9.17, 15) is 0 Å². The molecule has 5 nitrogen and oxygen atoms in total. The minimum absolute atomic E-state index is 0.443. The molecule has 0 unspecified atom stereocenters. The van der Waals surface area contributed by atoms with Crippen molar-refractivity contribution in [1.29, 1.82) is 0 Å². The van der Waals surface area contributed by atoms with Crippen molar-refractivity contribution in [3.05, 3.63) is 29.8 Å². The van der Waals surface area contributed by atoms with Crippen LogP contribution in [0.5, 0.6) is 5.75 Å². The van der Waals surface area contributed by atoms with E-state index in [1.807, 2.05) is 19.1 Å². The van der Waals surface area contributed by atoms with Crippen LogP contribution in [0.4, 0.5) is 0 Å². The van der Waals surface area contributed by atoms with Crippen molar-refractivity contribution in [1.82, 2.24) is 0 Å². The number of hydrogen-bond acceptors (Lipinski definition) is 5. The molecule has 0 aromatic heterocycles. The molecule has 0 fully saturated rings. The van der Waals surface area contributed by atoms with Gasteiger partial charge in [0.05, 0.1) is 0 Å². The van der Waals surface area contributed by atoms with Gasteiger partial charge in [-0.15, -0.1) is 0 Å². The molecule has 13 heavy (non-hydrogen) atoms. The largest absolute Gasteiger partial charge is 0.703 e. The molecule has 2 N–H and O–H groups in total. The Morgan fingerprint density at radius 1 is 1.31 bits per heavy atom. The summed E-state index contributed by atoms with van der Waals surface area (Å²) >= 11 is 0. The van der Waals surface area contributed by atoms with Crippen LogP contribution >= 0.6 is 0 Å². The second kappa shape index (κ2) is 4.83. The molecule has 0 saturated heterocycles. The standard InChI is InChI=1S/C7H9BO5/c1-6-4-2-3-5-7(6)11-13-8(9)12-10/h2-5,9-10H,1H3. The molecule has 6 heteroatoms. The summed E-state index contributed by atoms with van der Waals surface area (Å²) < 4.78 is 0. The topological polar surface area (TPSA) is 68.2 Å². The Kier molecular flexibility index (Phi) is 3.72. The van der Waals surface area contributed by atoms with Crippen molar-refractivity contribution in [2.24, 2.45) is 0 Å². The van der Waals surface area contributed by atoms with Gasteiger partial charge in [0.15, 0.2) is 5.75 Å². The van der Waals surface area contributed by atoms with E-state index in [0.717, 1.165) is 5.56 Å². The molecular weight excluding hydrogens is 175 g/mol. The van der Waals surface area contributed by atoms with E-state index in [0.29, 0.717) is 5.75 Å². The van der Waals surface area contributed by atoms with Crippen molar-refractivity contribution in [3.63, 3.8) is 0 Å². The van der Waals surface area contributed by atoms with Gasteiger partial charge < -0.3 is 9.91 Å². The van der Waals surface area contributed by atoms with Crippen LogP contribution in [-0.4, -0.2) is 17.6 Å². The SMILES string of the molecule is Cc1ccccc1OOB(O)OO. The molecule has 1 aromatic rings. The molecule has 1 rings (SSSR count). The maximum absolute atomic E-state index is 8.59. The molecule has 0 spiro atoms. The fraction of sp³-hybridized carbons (Fsp3) is 0.143. The van der Waals surface area contributed by atoms with Crippen LogP contribution in [0.15, 0.2) is 24.3 Å². The first-order chi connectivity index (χ1) is 6.24. The van der Waals surface area contributed by atoms with Crippen molar-refractivity contribution in [2.45, 2.75) is 6.92 Å². The van der Waals surface area contributed by atoms with E-state index in [1.165, 1.54) is 0 Å². The highest BCUT2D eigenvalue weighted by Crippen LogP contribution is 2.16. The predicted molar refractivity (Wildman–Crippen MR) is 44.6 cm³/mol. The highest BCUT2D eigenvalue weighted by molar-refractivity contribution is 6.33. The lowest BCUT2D eigenvalue weighted by Crippen LogP contribution is -2.22. The number of hydrogen-bond donors (Lipinski definition) is 2. The van der Waals surface area contributed by atoms with Crippen LogP contribution in [-0.2, 0) is 9.61 Å². The predicted octanol–water partition coefficient (Wildman–Crippen LogP) is 0.772. The van der Waals surface area contributed by atoms with Crippen molar-refractivity contribution in [2.75, 3.05) is 0 Å². The first kappa shape index (κ1) is 10.0. The zero-order valence-corrected chi connectivity index (χ0v) is 7.01. The summed E-state index contributed by atoms with van der Waals surface area (Å²) in [5.74, 6) is 0.443. The van der Waals surface area contributed by atoms with Gasteiger partial charge in [0.25, 0.3) is 0 Å². The number of para-hydroxylation sites is 1. The maximum Gasteiger partial charge on any atom is 0.703 e. The second-order valence-electron chi connectivity index (χ2n) is 2.36. The molecule has 0 radical (unpaired) electrons. The zero-order chi connectivity index (χ0) is 9.68. The Morgan fingerprint density at radius 2 is 2.00 bits per heavy atom. The minimum atomic E-state index is -1.81.